The number of amides is 4. The maximum absolute atomic E-state index is 12.9. The second-order valence-corrected chi connectivity index (χ2v) is 6.00. The van der Waals surface area contributed by atoms with E-state index in [4.69, 9.17) is 0 Å². The zero-order valence-corrected chi connectivity index (χ0v) is 14.1. The fourth-order valence-corrected chi connectivity index (χ4v) is 2.92. The molecule has 1 heterocycles. The molecule has 1 fully saturated rings. The van der Waals surface area contributed by atoms with Gasteiger partial charge in [0.25, 0.3) is 11.8 Å². The number of rotatable bonds is 4. The summed E-state index contributed by atoms with van der Waals surface area (Å²) in [5.41, 5.74) is 0.639. The van der Waals surface area contributed by atoms with Crippen LogP contribution >= 0.6 is 0 Å². The van der Waals surface area contributed by atoms with Crippen LogP contribution in [0.3, 0.4) is 0 Å². The van der Waals surface area contributed by atoms with Crippen molar-refractivity contribution in [2.45, 2.75) is 19.4 Å². The van der Waals surface area contributed by atoms with Gasteiger partial charge in [-0.1, -0.05) is 30.3 Å². The first kappa shape index (κ1) is 16.7. The smallest absolute Gasteiger partial charge is 0.320 e. The van der Waals surface area contributed by atoms with Gasteiger partial charge < -0.3 is 10.2 Å². The van der Waals surface area contributed by atoms with Crippen molar-refractivity contribution in [1.82, 2.24) is 10.6 Å². The van der Waals surface area contributed by atoms with Gasteiger partial charge in [0.2, 0.25) is 0 Å². The van der Waals surface area contributed by atoms with Crippen molar-refractivity contribution in [3.63, 3.8) is 0 Å². The van der Waals surface area contributed by atoms with Crippen molar-refractivity contribution in [3.05, 3.63) is 65.7 Å². The Balaban J connectivity index is 1.95. The van der Waals surface area contributed by atoms with Crippen LogP contribution in [-0.4, -0.2) is 24.4 Å². The first-order valence-corrected chi connectivity index (χ1v) is 8.06. The van der Waals surface area contributed by atoms with Gasteiger partial charge in [-0.05, 0) is 43.7 Å². The molecule has 6 heteroatoms. The van der Waals surface area contributed by atoms with Crippen molar-refractivity contribution >= 4 is 23.5 Å². The van der Waals surface area contributed by atoms with E-state index >= 15 is 0 Å². The lowest BCUT2D eigenvalue weighted by Gasteiger charge is -2.24. The first-order valence-electron chi connectivity index (χ1n) is 8.06. The minimum absolute atomic E-state index is 0.163. The van der Waals surface area contributed by atoms with Crippen LogP contribution in [-0.2, 0) is 10.3 Å². The number of urea groups is 1. The fourth-order valence-electron chi connectivity index (χ4n) is 2.92. The van der Waals surface area contributed by atoms with E-state index in [0.29, 0.717) is 17.7 Å². The summed E-state index contributed by atoms with van der Waals surface area (Å²) in [5.74, 6) is -0.596. The molecule has 1 aliphatic rings. The number of anilines is 1. The van der Waals surface area contributed by atoms with Crippen LogP contribution in [0.5, 0.6) is 0 Å². The summed E-state index contributed by atoms with van der Waals surface area (Å²) in [6, 6.07) is 15.6. The topological polar surface area (TPSA) is 78.5 Å². The SMILES string of the molecule is CCN(C(=O)c1cccc([C@]2(C)NC(=O)NC2=O)c1)c1ccccc1. The van der Waals surface area contributed by atoms with Crippen LogP contribution in [0.1, 0.15) is 29.8 Å². The average Bonchev–Trinajstić information content (AvgIpc) is 2.89. The number of carbonyl (C=O) groups excluding carboxylic acids is 3. The standard InChI is InChI=1S/C19H19N3O3/c1-3-22(15-10-5-4-6-11-15)16(23)13-8-7-9-14(12-13)19(2)17(24)20-18(25)21-19/h4-12H,3H2,1-2H3,(H2,20,21,24,25)/t19-/m0/s1. The maximum atomic E-state index is 12.9. The molecule has 0 spiro atoms. The highest BCUT2D eigenvalue weighted by molar-refractivity contribution is 6.08. The van der Waals surface area contributed by atoms with E-state index in [0.717, 1.165) is 5.69 Å². The van der Waals surface area contributed by atoms with Crippen LogP contribution in [0.2, 0.25) is 0 Å². The summed E-state index contributed by atoms with van der Waals surface area (Å²) in [4.78, 5) is 38.2. The lowest BCUT2D eigenvalue weighted by Crippen LogP contribution is -2.40. The van der Waals surface area contributed by atoms with Crippen molar-refractivity contribution < 1.29 is 14.4 Å². The number of carbonyl (C=O) groups is 3. The molecular weight excluding hydrogens is 318 g/mol. The summed E-state index contributed by atoms with van der Waals surface area (Å²) >= 11 is 0. The predicted octanol–water partition coefficient (Wildman–Crippen LogP) is 2.41. The summed E-state index contributed by atoms with van der Waals surface area (Å²) in [5, 5.41) is 4.84. The normalized spacial score (nSPS) is 19.3. The highest BCUT2D eigenvalue weighted by atomic mass is 16.2. The van der Waals surface area contributed by atoms with E-state index in [1.54, 1.807) is 36.1 Å². The molecule has 0 radical (unpaired) electrons. The summed E-state index contributed by atoms with van der Waals surface area (Å²) in [6.45, 7) is 4.04. The highest BCUT2D eigenvalue weighted by Gasteiger charge is 2.43. The average molecular weight is 337 g/mol. The Kier molecular flexibility index (Phi) is 4.27. The van der Waals surface area contributed by atoms with E-state index in [9.17, 15) is 14.4 Å². The van der Waals surface area contributed by atoms with Crippen molar-refractivity contribution in [2.24, 2.45) is 0 Å². The molecule has 0 saturated carbocycles. The molecule has 3 rings (SSSR count). The summed E-state index contributed by atoms with van der Waals surface area (Å²) in [6.07, 6.45) is 0. The second kappa shape index (κ2) is 6.39. The number of hydrogen-bond acceptors (Lipinski definition) is 3. The van der Waals surface area contributed by atoms with Crippen molar-refractivity contribution in [2.75, 3.05) is 11.4 Å². The third-order valence-corrected chi connectivity index (χ3v) is 4.36. The Hall–Kier alpha value is -3.15. The molecule has 25 heavy (non-hydrogen) atoms. The number of nitrogens with zero attached hydrogens (tertiary/aromatic N) is 1. The van der Waals surface area contributed by atoms with Gasteiger partial charge in [0.1, 0.15) is 5.54 Å². The van der Waals surface area contributed by atoms with Crippen LogP contribution in [0, 0.1) is 0 Å². The minimum atomic E-state index is -1.18. The summed E-state index contributed by atoms with van der Waals surface area (Å²) < 4.78 is 0. The van der Waals surface area contributed by atoms with Crippen molar-refractivity contribution in [1.29, 1.82) is 0 Å². The van der Waals surface area contributed by atoms with Crippen LogP contribution in [0.4, 0.5) is 10.5 Å². The molecule has 1 aliphatic heterocycles. The molecule has 0 aliphatic carbocycles. The quantitative estimate of drug-likeness (QED) is 0.841. The van der Waals surface area contributed by atoms with E-state index in [-0.39, 0.29) is 5.91 Å². The molecule has 4 amide bonds. The number of nitrogens with one attached hydrogen (secondary N) is 2. The molecule has 2 N–H and O–H groups in total. The number of para-hydroxylation sites is 1. The summed E-state index contributed by atoms with van der Waals surface area (Å²) in [7, 11) is 0. The number of imide groups is 1. The largest absolute Gasteiger partial charge is 0.322 e. The monoisotopic (exact) mass is 337 g/mol. The van der Waals surface area contributed by atoms with E-state index in [1.807, 2.05) is 37.3 Å². The number of benzene rings is 2. The van der Waals surface area contributed by atoms with Gasteiger partial charge in [0.15, 0.2) is 0 Å². The van der Waals surface area contributed by atoms with Gasteiger partial charge in [-0.15, -0.1) is 0 Å². The van der Waals surface area contributed by atoms with Gasteiger partial charge in [0.05, 0.1) is 0 Å². The van der Waals surface area contributed by atoms with Crippen LogP contribution < -0.4 is 15.5 Å². The zero-order chi connectivity index (χ0) is 18.0. The van der Waals surface area contributed by atoms with E-state index in [2.05, 4.69) is 10.6 Å². The Morgan fingerprint density at radius 1 is 1.08 bits per heavy atom. The molecule has 128 valence electrons. The molecule has 0 unspecified atom stereocenters. The zero-order valence-electron chi connectivity index (χ0n) is 14.1. The molecule has 2 aromatic rings. The third kappa shape index (κ3) is 2.98. The minimum Gasteiger partial charge on any atom is -0.320 e. The lowest BCUT2D eigenvalue weighted by atomic mass is 9.91. The second-order valence-electron chi connectivity index (χ2n) is 6.00. The van der Waals surface area contributed by atoms with Crippen LogP contribution in [0.15, 0.2) is 54.6 Å². The van der Waals surface area contributed by atoms with Gasteiger partial charge in [-0.3, -0.25) is 14.9 Å². The van der Waals surface area contributed by atoms with E-state index in [1.165, 1.54) is 0 Å². The number of hydrogen-bond donors (Lipinski definition) is 2. The van der Waals surface area contributed by atoms with Gasteiger partial charge >= 0.3 is 6.03 Å². The highest BCUT2D eigenvalue weighted by Crippen LogP contribution is 2.26. The fraction of sp³-hybridized carbons (Fsp3) is 0.211. The maximum Gasteiger partial charge on any atom is 0.322 e. The molecule has 1 atom stereocenters. The van der Waals surface area contributed by atoms with Gasteiger partial charge in [-0.2, -0.15) is 0 Å². The van der Waals surface area contributed by atoms with Gasteiger partial charge in [-0.25, -0.2) is 4.79 Å². The molecule has 2 aromatic carbocycles. The van der Waals surface area contributed by atoms with E-state index < -0.39 is 17.5 Å². The molecule has 6 nitrogen and oxygen atoms in total. The Morgan fingerprint density at radius 3 is 2.40 bits per heavy atom. The molecule has 0 aromatic heterocycles. The van der Waals surface area contributed by atoms with Crippen molar-refractivity contribution in [3.8, 4) is 0 Å². The third-order valence-electron chi connectivity index (χ3n) is 4.36. The Bertz CT molecular complexity index is 835. The predicted molar refractivity (Wildman–Crippen MR) is 94.3 cm³/mol. The molecular formula is C19H19N3O3. The lowest BCUT2D eigenvalue weighted by molar-refractivity contribution is -0.123. The molecule has 0 bridgehead atoms. The Labute approximate surface area is 145 Å². The van der Waals surface area contributed by atoms with Gasteiger partial charge in [0, 0.05) is 17.8 Å². The van der Waals surface area contributed by atoms with Crippen LogP contribution in [0.25, 0.3) is 0 Å². The molecule has 1 saturated heterocycles. The first-order chi connectivity index (χ1) is 12.0. The Morgan fingerprint density at radius 2 is 1.80 bits per heavy atom.